The van der Waals surface area contributed by atoms with Crippen molar-refractivity contribution in [3.63, 3.8) is 0 Å². The van der Waals surface area contributed by atoms with Gasteiger partial charge in [0, 0.05) is 31.1 Å². The number of nitrogens with one attached hydrogen (secondary N) is 3. The predicted octanol–water partition coefficient (Wildman–Crippen LogP) is 2.24. The van der Waals surface area contributed by atoms with Gasteiger partial charge in [-0.1, -0.05) is 23.2 Å². The van der Waals surface area contributed by atoms with E-state index in [1.54, 1.807) is 12.1 Å². The maximum Gasteiger partial charge on any atom is 0.241 e. The van der Waals surface area contributed by atoms with Crippen LogP contribution in [-0.4, -0.2) is 55.2 Å². The second-order valence-electron chi connectivity index (χ2n) is 7.27. The lowest BCUT2D eigenvalue weighted by Gasteiger charge is -2.36. The normalized spacial score (nSPS) is 30.4. The van der Waals surface area contributed by atoms with Crippen LogP contribution in [-0.2, 0) is 4.79 Å². The van der Waals surface area contributed by atoms with E-state index in [1.807, 2.05) is 11.0 Å². The number of carbonyl (C=O) groups is 1. The number of amides is 1. The molecule has 3 aliphatic rings. The first-order chi connectivity index (χ1) is 12.6. The molecule has 0 aliphatic carbocycles. The fraction of sp³-hybridized carbons (Fsp3) is 0.611. The van der Waals surface area contributed by atoms with Crippen molar-refractivity contribution < 1.29 is 9.53 Å². The van der Waals surface area contributed by atoms with E-state index in [1.165, 1.54) is 0 Å². The van der Waals surface area contributed by atoms with Crippen LogP contribution in [0.4, 0.5) is 0 Å². The average molecular weight is 436 g/mol. The molecule has 27 heavy (non-hydrogen) atoms. The molecule has 0 radical (unpaired) electrons. The number of fused-ring (bicyclic) bond motifs is 1. The van der Waals surface area contributed by atoms with Crippen molar-refractivity contribution >= 4 is 41.5 Å². The summed E-state index contributed by atoms with van der Waals surface area (Å²) in [6.07, 6.45) is 2.88. The molecule has 0 saturated carbocycles. The van der Waals surface area contributed by atoms with E-state index < -0.39 is 0 Å². The van der Waals surface area contributed by atoms with Crippen LogP contribution in [0.5, 0.6) is 5.75 Å². The number of nitrogens with zero attached hydrogens (tertiary/aromatic N) is 1. The summed E-state index contributed by atoms with van der Waals surface area (Å²) >= 11 is 12.0. The first kappa shape index (κ1) is 21.0. The zero-order chi connectivity index (χ0) is 18.1. The number of benzene rings is 1. The van der Waals surface area contributed by atoms with Crippen molar-refractivity contribution in [1.29, 1.82) is 0 Å². The van der Waals surface area contributed by atoms with Crippen LogP contribution in [0.15, 0.2) is 18.2 Å². The highest BCUT2D eigenvalue weighted by Gasteiger charge is 2.43. The Morgan fingerprint density at radius 3 is 2.85 bits per heavy atom. The molecular weight excluding hydrogens is 411 g/mol. The zero-order valence-corrected chi connectivity index (χ0v) is 17.2. The van der Waals surface area contributed by atoms with Gasteiger partial charge in [-0.25, -0.2) is 5.43 Å². The van der Waals surface area contributed by atoms with Gasteiger partial charge < -0.3 is 15.0 Å². The Morgan fingerprint density at radius 1 is 1.19 bits per heavy atom. The van der Waals surface area contributed by atoms with Gasteiger partial charge in [0.2, 0.25) is 5.91 Å². The molecule has 4 atom stereocenters. The number of halogens is 3. The molecule has 3 heterocycles. The van der Waals surface area contributed by atoms with Gasteiger partial charge in [-0.05, 0) is 37.9 Å². The lowest BCUT2D eigenvalue weighted by atomic mass is 9.88. The fourth-order valence-corrected chi connectivity index (χ4v) is 4.42. The van der Waals surface area contributed by atoms with Crippen molar-refractivity contribution in [2.75, 3.05) is 26.2 Å². The Morgan fingerprint density at radius 2 is 2.04 bits per heavy atom. The minimum absolute atomic E-state index is 0. The number of piperidine rings is 2. The maximum absolute atomic E-state index is 13.1. The monoisotopic (exact) mass is 434 g/mol. The van der Waals surface area contributed by atoms with Crippen molar-refractivity contribution in [3.05, 3.63) is 28.2 Å². The average Bonchev–Trinajstić information content (AvgIpc) is 3.08. The van der Waals surface area contributed by atoms with E-state index in [0.717, 1.165) is 38.9 Å². The van der Waals surface area contributed by atoms with E-state index in [2.05, 4.69) is 16.2 Å². The van der Waals surface area contributed by atoms with Crippen molar-refractivity contribution in [2.45, 2.75) is 37.5 Å². The van der Waals surface area contributed by atoms with Gasteiger partial charge in [0.1, 0.15) is 17.9 Å². The van der Waals surface area contributed by atoms with Crippen molar-refractivity contribution in [2.24, 2.45) is 5.92 Å². The third-order valence-corrected chi connectivity index (χ3v) is 6.27. The van der Waals surface area contributed by atoms with Crippen LogP contribution < -0.4 is 20.9 Å². The first-order valence-electron chi connectivity index (χ1n) is 9.24. The molecular formula is C18H25Cl3N4O2. The minimum Gasteiger partial charge on any atom is -0.489 e. The number of hydrogen-bond donors (Lipinski definition) is 3. The van der Waals surface area contributed by atoms with Gasteiger partial charge in [0.25, 0.3) is 0 Å². The van der Waals surface area contributed by atoms with Crippen molar-refractivity contribution in [1.82, 2.24) is 21.1 Å². The largest absolute Gasteiger partial charge is 0.489 e. The molecule has 0 spiro atoms. The third-order valence-electron chi connectivity index (χ3n) is 5.53. The molecule has 1 amide bonds. The predicted molar refractivity (Wildman–Crippen MR) is 109 cm³/mol. The Bertz CT molecular complexity index is 678. The highest BCUT2D eigenvalue weighted by Crippen LogP contribution is 2.28. The van der Waals surface area contributed by atoms with E-state index in [9.17, 15) is 4.79 Å². The molecule has 150 valence electrons. The summed E-state index contributed by atoms with van der Waals surface area (Å²) in [5, 5.41) is 4.38. The van der Waals surface area contributed by atoms with Gasteiger partial charge in [-0.3, -0.25) is 10.2 Å². The van der Waals surface area contributed by atoms with E-state index in [4.69, 9.17) is 27.9 Å². The fourth-order valence-electron chi connectivity index (χ4n) is 4.13. The van der Waals surface area contributed by atoms with Crippen LogP contribution in [0.2, 0.25) is 10.0 Å². The summed E-state index contributed by atoms with van der Waals surface area (Å²) in [6, 6.07) is 5.48. The van der Waals surface area contributed by atoms with E-state index in [-0.39, 0.29) is 30.5 Å². The molecule has 9 heteroatoms. The first-order valence-corrected chi connectivity index (χ1v) is 9.99. The number of ether oxygens (including phenoxy) is 1. The molecule has 3 fully saturated rings. The van der Waals surface area contributed by atoms with Gasteiger partial charge in [-0.15, -0.1) is 12.4 Å². The molecule has 0 bridgehead atoms. The second kappa shape index (κ2) is 9.16. The Labute approximate surface area is 175 Å². The van der Waals surface area contributed by atoms with Gasteiger partial charge in [0.05, 0.1) is 16.6 Å². The second-order valence-corrected chi connectivity index (χ2v) is 8.09. The highest BCUT2D eigenvalue weighted by molar-refractivity contribution is 6.42. The van der Waals surface area contributed by atoms with Gasteiger partial charge in [-0.2, -0.15) is 0 Å². The number of rotatable bonds is 3. The lowest BCUT2D eigenvalue weighted by molar-refractivity contribution is -0.136. The molecule has 4 rings (SSSR count). The Kier molecular flexibility index (Phi) is 7.11. The van der Waals surface area contributed by atoms with Crippen LogP contribution >= 0.6 is 35.6 Å². The summed E-state index contributed by atoms with van der Waals surface area (Å²) in [6.45, 7) is 3.25. The number of likely N-dealkylation sites (tertiary alicyclic amines) is 1. The van der Waals surface area contributed by atoms with Crippen LogP contribution in [0, 0.1) is 5.92 Å². The summed E-state index contributed by atoms with van der Waals surface area (Å²) in [5.74, 6) is 1.15. The number of hydrogen-bond acceptors (Lipinski definition) is 5. The smallest absolute Gasteiger partial charge is 0.241 e. The van der Waals surface area contributed by atoms with Crippen LogP contribution in [0.1, 0.15) is 19.3 Å². The lowest BCUT2D eigenvalue weighted by Crippen LogP contribution is -2.54. The standard InChI is InChI=1S/C18H24Cl2N4O2.ClH/c19-14-4-3-11(8-15(14)20)26-12-2-1-7-24(10-12)18(25)17-13-9-21-6-5-16(13)22-23-17;/h3-4,8,12-13,16-17,21-23H,1-2,5-7,9-10H2;1H. The quantitative estimate of drug-likeness (QED) is 0.679. The molecule has 1 aromatic carbocycles. The topological polar surface area (TPSA) is 65.6 Å². The molecule has 3 N–H and O–H groups in total. The summed E-state index contributed by atoms with van der Waals surface area (Å²) in [5.41, 5.74) is 6.52. The van der Waals surface area contributed by atoms with Crippen molar-refractivity contribution in [3.8, 4) is 5.75 Å². The minimum atomic E-state index is -0.170. The van der Waals surface area contributed by atoms with Crippen LogP contribution in [0.3, 0.4) is 0 Å². The number of hydrazine groups is 1. The molecule has 1 aromatic rings. The molecule has 3 aliphatic heterocycles. The zero-order valence-electron chi connectivity index (χ0n) is 14.9. The van der Waals surface area contributed by atoms with Crippen LogP contribution in [0.25, 0.3) is 0 Å². The molecule has 6 nitrogen and oxygen atoms in total. The summed E-state index contributed by atoms with van der Waals surface area (Å²) in [4.78, 5) is 15.0. The third kappa shape index (κ3) is 4.63. The molecule has 0 aromatic heterocycles. The Balaban J connectivity index is 0.00000210. The van der Waals surface area contributed by atoms with Gasteiger partial charge >= 0.3 is 0 Å². The van der Waals surface area contributed by atoms with Gasteiger partial charge in [0.15, 0.2) is 0 Å². The summed E-state index contributed by atoms with van der Waals surface area (Å²) < 4.78 is 6.06. The SMILES string of the molecule is Cl.O=C(C1NNC2CCNCC21)N1CCCC(Oc2ccc(Cl)c(Cl)c2)C1. The summed E-state index contributed by atoms with van der Waals surface area (Å²) in [7, 11) is 0. The maximum atomic E-state index is 13.1. The Hall–Kier alpha value is -0.760. The highest BCUT2D eigenvalue weighted by atomic mass is 35.5. The van der Waals surface area contributed by atoms with E-state index >= 15 is 0 Å². The molecule has 4 unspecified atom stereocenters. The van der Waals surface area contributed by atoms with E-state index in [0.29, 0.717) is 34.3 Å². The number of carbonyl (C=O) groups excluding carboxylic acids is 1. The molecule has 3 saturated heterocycles.